The summed E-state index contributed by atoms with van der Waals surface area (Å²) in [6, 6.07) is -1.82. The average molecular weight is 291 g/mol. The average Bonchev–Trinajstić information content (AvgIpc) is 2.35. The Kier molecular flexibility index (Phi) is 9.19. The van der Waals surface area contributed by atoms with Crippen LogP contribution in [0.15, 0.2) is 0 Å². The number of nitrogens with one attached hydrogen (secondary N) is 1. The SMILES string of the molecule is CC(=O)N[C@@H](CS)C(=O)OC(=O)[C@@H](N)CCCCN. The van der Waals surface area contributed by atoms with Crippen molar-refractivity contribution in [2.45, 2.75) is 38.3 Å². The fraction of sp³-hybridized carbons (Fsp3) is 0.727. The van der Waals surface area contributed by atoms with Gasteiger partial charge in [0.2, 0.25) is 5.91 Å². The van der Waals surface area contributed by atoms with Crippen LogP contribution in [0.5, 0.6) is 0 Å². The number of amides is 1. The van der Waals surface area contributed by atoms with E-state index in [2.05, 4.69) is 22.7 Å². The van der Waals surface area contributed by atoms with Gasteiger partial charge in [0, 0.05) is 12.7 Å². The summed E-state index contributed by atoms with van der Waals surface area (Å²) in [4.78, 5) is 33.9. The van der Waals surface area contributed by atoms with Gasteiger partial charge in [0.1, 0.15) is 12.1 Å². The fourth-order valence-corrected chi connectivity index (χ4v) is 1.54. The number of thiol groups is 1. The highest BCUT2D eigenvalue weighted by molar-refractivity contribution is 7.80. The molecule has 0 radical (unpaired) electrons. The molecular formula is C11H21N3O4S. The Labute approximate surface area is 117 Å². The predicted octanol–water partition coefficient (Wildman–Crippen LogP) is -1.05. The zero-order chi connectivity index (χ0) is 14.8. The molecule has 0 unspecified atom stereocenters. The van der Waals surface area contributed by atoms with Gasteiger partial charge in [-0.2, -0.15) is 12.6 Å². The van der Waals surface area contributed by atoms with Gasteiger partial charge in [-0.15, -0.1) is 0 Å². The summed E-state index contributed by atoms with van der Waals surface area (Å²) in [6.45, 7) is 1.77. The van der Waals surface area contributed by atoms with E-state index in [1.54, 1.807) is 0 Å². The van der Waals surface area contributed by atoms with Crippen LogP contribution in [0.3, 0.4) is 0 Å². The standard InChI is InChI=1S/C11H21N3O4S/c1-7(15)14-9(6-19)11(17)18-10(16)8(13)4-2-3-5-12/h8-9,19H,2-6,12-13H2,1H3,(H,14,15)/t8-,9-/m0/s1. The van der Waals surface area contributed by atoms with E-state index in [1.165, 1.54) is 6.92 Å². The maximum absolute atomic E-state index is 11.6. The molecule has 110 valence electrons. The van der Waals surface area contributed by atoms with Crippen LogP contribution in [0.4, 0.5) is 0 Å². The van der Waals surface area contributed by atoms with E-state index in [4.69, 9.17) is 11.5 Å². The van der Waals surface area contributed by atoms with Gasteiger partial charge in [0.05, 0.1) is 0 Å². The Bertz CT molecular complexity index is 325. The molecule has 8 heteroatoms. The molecule has 0 aliphatic carbocycles. The summed E-state index contributed by atoms with van der Waals surface area (Å²) in [6.07, 6.45) is 1.83. The van der Waals surface area contributed by atoms with Crippen molar-refractivity contribution >= 4 is 30.5 Å². The van der Waals surface area contributed by atoms with Crippen LogP contribution in [-0.2, 0) is 19.1 Å². The summed E-state index contributed by atoms with van der Waals surface area (Å²) < 4.78 is 4.60. The number of hydrogen-bond acceptors (Lipinski definition) is 7. The third kappa shape index (κ3) is 7.81. The van der Waals surface area contributed by atoms with Crippen molar-refractivity contribution in [3.05, 3.63) is 0 Å². The molecule has 7 nitrogen and oxygen atoms in total. The Hall–Kier alpha value is -1.12. The number of esters is 2. The van der Waals surface area contributed by atoms with E-state index in [0.29, 0.717) is 19.4 Å². The Morgan fingerprint density at radius 1 is 1.26 bits per heavy atom. The summed E-state index contributed by atoms with van der Waals surface area (Å²) in [5.41, 5.74) is 10.9. The third-order valence-electron chi connectivity index (χ3n) is 2.32. The van der Waals surface area contributed by atoms with Crippen molar-refractivity contribution in [2.24, 2.45) is 11.5 Å². The van der Waals surface area contributed by atoms with Gasteiger partial charge in [-0.1, -0.05) is 6.42 Å². The fourth-order valence-electron chi connectivity index (χ4n) is 1.30. The van der Waals surface area contributed by atoms with E-state index in [0.717, 1.165) is 6.42 Å². The minimum atomic E-state index is -0.957. The summed E-state index contributed by atoms with van der Waals surface area (Å²) in [5, 5.41) is 2.33. The van der Waals surface area contributed by atoms with Crippen molar-refractivity contribution in [1.82, 2.24) is 5.32 Å². The van der Waals surface area contributed by atoms with E-state index in [9.17, 15) is 14.4 Å². The van der Waals surface area contributed by atoms with E-state index in [1.807, 2.05) is 0 Å². The highest BCUT2D eigenvalue weighted by atomic mass is 32.1. The molecule has 0 heterocycles. The van der Waals surface area contributed by atoms with Crippen molar-refractivity contribution in [2.75, 3.05) is 12.3 Å². The molecule has 0 aliphatic rings. The number of hydrogen-bond donors (Lipinski definition) is 4. The minimum absolute atomic E-state index is 0.0358. The molecule has 5 N–H and O–H groups in total. The molecule has 1 amide bonds. The molecular weight excluding hydrogens is 270 g/mol. The van der Waals surface area contributed by atoms with Crippen molar-refractivity contribution < 1.29 is 19.1 Å². The number of carbonyl (C=O) groups excluding carboxylic acids is 3. The summed E-state index contributed by atoms with van der Waals surface area (Å²) in [7, 11) is 0. The molecule has 0 aromatic heterocycles. The minimum Gasteiger partial charge on any atom is -0.390 e. The first-order valence-corrected chi connectivity index (χ1v) is 6.64. The Morgan fingerprint density at radius 2 is 1.89 bits per heavy atom. The molecule has 0 saturated carbocycles. The highest BCUT2D eigenvalue weighted by Crippen LogP contribution is 2.02. The van der Waals surface area contributed by atoms with Crippen molar-refractivity contribution in [3.63, 3.8) is 0 Å². The second-order valence-electron chi connectivity index (χ2n) is 4.07. The topological polar surface area (TPSA) is 125 Å². The summed E-state index contributed by atoms with van der Waals surface area (Å²) in [5.74, 6) is -2.03. The predicted molar refractivity (Wildman–Crippen MR) is 73.4 cm³/mol. The molecule has 0 aliphatic heterocycles. The number of unbranched alkanes of at least 4 members (excludes halogenated alkanes) is 1. The molecule has 0 aromatic rings. The highest BCUT2D eigenvalue weighted by Gasteiger charge is 2.25. The molecule has 0 saturated heterocycles. The van der Waals surface area contributed by atoms with Crippen molar-refractivity contribution in [1.29, 1.82) is 0 Å². The molecule has 0 fully saturated rings. The second-order valence-corrected chi connectivity index (χ2v) is 4.43. The van der Waals surface area contributed by atoms with Crippen LogP contribution in [-0.4, -0.2) is 42.2 Å². The van der Waals surface area contributed by atoms with Gasteiger partial charge in [-0.3, -0.25) is 4.79 Å². The molecule has 0 bridgehead atoms. The van der Waals surface area contributed by atoms with E-state index < -0.39 is 29.9 Å². The molecule has 2 atom stereocenters. The quantitative estimate of drug-likeness (QED) is 0.196. The lowest BCUT2D eigenvalue weighted by Gasteiger charge is -2.15. The largest absolute Gasteiger partial charge is 0.390 e. The van der Waals surface area contributed by atoms with Crippen LogP contribution in [0.2, 0.25) is 0 Å². The van der Waals surface area contributed by atoms with Gasteiger partial charge < -0.3 is 21.5 Å². The number of ether oxygens (including phenoxy) is 1. The first kappa shape index (κ1) is 17.9. The first-order chi connectivity index (χ1) is 8.92. The maximum atomic E-state index is 11.6. The van der Waals surface area contributed by atoms with E-state index in [-0.39, 0.29) is 5.75 Å². The Morgan fingerprint density at radius 3 is 2.37 bits per heavy atom. The van der Waals surface area contributed by atoms with Gasteiger partial charge >= 0.3 is 11.9 Å². The van der Waals surface area contributed by atoms with Gasteiger partial charge in [-0.05, 0) is 19.4 Å². The third-order valence-corrected chi connectivity index (χ3v) is 2.68. The molecule has 0 aromatic carbocycles. The molecule has 0 rings (SSSR count). The van der Waals surface area contributed by atoms with Crippen LogP contribution in [0, 0.1) is 0 Å². The lowest BCUT2D eigenvalue weighted by molar-refractivity contribution is -0.162. The van der Waals surface area contributed by atoms with Crippen LogP contribution >= 0.6 is 12.6 Å². The number of rotatable bonds is 8. The lowest BCUT2D eigenvalue weighted by Crippen LogP contribution is -2.45. The van der Waals surface area contributed by atoms with Gasteiger partial charge in [0.15, 0.2) is 0 Å². The first-order valence-electron chi connectivity index (χ1n) is 6.01. The van der Waals surface area contributed by atoms with Crippen LogP contribution < -0.4 is 16.8 Å². The Balaban J connectivity index is 4.21. The number of carbonyl (C=O) groups is 3. The lowest BCUT2D eigenvalue weighted by atomic mass is 10.1. The molecule has 0 spiro atoms. The van der Waals surface area contributed by atoms with Gasteiger partial charge in [0.25, 0.3) is 0 Å². The zero-order valence-corrected chi connectivity index (χ0v) is 11.8. The molecule has 19 heavy (non-hydrogen) atoms. The zero-order valence-electron chi connectivity index (χ0n) is 10.9. The van der Waals surface area contributed by atoms with E-state index >= 15 is 0 Å². The second kappa shape index (κ2) is 9.76. The maximum Gasteiger partial charge on any atom is 0.337 e. The summed E-state index contributed by atoms with van der Waals surface area (Å²) >= 11 is 3.90. The van der Waals surface area contributed by atoms with Gasteiger partial charge in [-0.25, -0.2) is 9.59 Å². The smallest absolute Gasteiger partial charge is 0.337 e. The number of nitrogens with two attached hydrogens (primary N) is 2. The monoisotopic (exact) mass is 291 g/mol. The van der Waals surface area contributed by atoms with Crippen molar-refractivity contribution in [3.8, 4) is 0 Å². The van der Waals surface area contributed by atoms with Crippen LogP contribution in [0.25, 0.3) is 0 Å². The normalized spacial score (nSPS) is 13.5. The van der Waals surface area contributed by atoms with Crippen LogP contribution in [0.1, 0.15) is 26.2 Å².